The van der Waals surface area contributed by atoms with Gasteiger partial charge in [-0.1, -0.05) is 29.3 Å². The van der Waals surface area contributed by atoms with E-state index in [0.29, 0.717) is 5.69 Å². The summed E-state index contributed by atoms with van der Waals surface area (Å²) < 4.78 is 0. The molecule has 27 heavy (non-hydrogen) atoms. The van der Waals surface area contributed by atoms with Crippen LogP contribution in [-0.2, 0) is 4.79 Å². The topological polar surface area (TPSA) is 92.6 Å². The minimum atomic E-state index is -0.656. The molecule has 7 nitrogen and oxygen atoms in total. The van der Waals surface area contributed by atoms with Crippen LogP contribution in [0.4, 0.5) is 11.4 Å². The van der Waals surface area contributed by atoms with E-state index in [1.807, 2.05) is 32.9 Å². The Balaban J connectivity index is 2.17. The van der Waals surface area contributed by atoms with Crippen LogP contribution in [0.3, 0.4) is 0 Å². The first kappa shape index (κ1) is 20.4. The number of amides is 2. The Labute approximate surface area is 162 Å². The third-order valence-corrected chi connectivity index (χ3v) is 4.29. The van der Waals surface area contributed by atoms with Crippen molar-refractivity contribution in [2.45, 2.75) is 20.8 Å². The molecule has 0 aliphatic carbocycles. The van der Waals surface area contributed by atoms with E-state index in [0.717, 1.165) is 21.6 Å². The number of carbonyl (C=O) groups excluding carboxylic acids is 2. The maximum atomic E-state index is 12.6. The highest BCUT2D eigenvalue weighted by Gasteiger charge is 2.24. The van der Waals surface area contributed by atoms with Crippen molar-refractivity contribution in [3.8, 4) is 0 Å². The van der Waals surface area contributed by atoms with Crippen LogP contribution in [0.2, 0.25) is 5.02 Å². The van der Waals surface area contributed by atoms with Gasteiger partial charge in [-0.05, 0) is 44.0 Å². The first-order chi connectivity index (χ1) is 12.6. The molecule has 0 saturated heterocycles. The Bertz CT molecular complexity index is 904. The van der Waals surface area contributed by atoms with Crippen molar-refractivity contribution in [1.29, 1.82) is 0 Å². The molecule has 0 unspecified atom stereocenters. The van der Waals surface area contributed by atoms with Crippen LogP contribution in [0, 0.1) is 30.9 Å². The smallest absolute Gasteiger partial charge is 0.282 e. The number of likely N-dealkylation sites (N-methyl/N-ethyl adjacent to an activating group) is 1. The fourth-order valence-electron chi connectivity index (χ4n) is 2.89. The molecule has 0 bridgehead atoms. The van der Waals surface area contributed by atoms with Crippen LogP contribution < -0.4 is 5.32 Å². The number of aryl methyl sites for hydroxylation is 3. The van der Waals surface area contributed by atoms with E-state index in [1.54, 1.807) is 0 Å². The number of carbonyl (C=O) groups is 2. The van der Waals surface area contributed by atoms with Gasteiger partial charge >= 0.3 is 0 Å². The lowest BCUT2D eigenvalue weighted by Gasteiger charge is -2.18. The monoisotopic (exact) mass is 389 g/mol. The number of nitrogens with zero attached hydrogens (tertiary/aromatic N) is 2. The highest BCUT2D eigenvalue weighted by Crippen LogP contribution is 2.24. The van der Waals surface area contributed by atoms with E-state index in [4.69, 9.17) is 11.6 Å². The summed E-state index contributed by atoms with van der Waals surface area (Å²) in [6.45, 7) is 5.49. The van der Waals surface area contributed by atoms with Crippen molar-refractivity contribution in [3.05, 3.63) is 67.7 Å². The second-order valence-electron chi connectivity index (χ2n) is 6.40. The molecule has 2 aromatic carbocycles. The van der Waals surface area contributed by atoms with E-state index in [9.17, 15) is 19.7 Å². The molecule has 0 heterocycles. The lowest BCUT2D eigenvalue weighted by atomic mass is 10.1. The van der Waals surface area contributed by atoms with Crippen molar-refractivity contribution < 1.29 is 14.5 Å². The maximum absolute atomic E-state index is 12.6. The highest BCUT2D eigenvalue weighted by atomic mass is 35.5. The molecule has 0 aliphatic rings. The van der Waals surface area contributed by atoms with Crippen molar-refractivity contribution in [3.63, 3.8) is 0 Å². The number of benzene rings is 2. The zero-order chi connectivity index (χ0) is 20.3. The normalized spacial score (nSPS) is 10.4. The quantitative estimate of drug-likeness (QED) is 0.620. The molecular weight excluding hydrogens is 370 g/mol. The average Bonchev–Trinajstić information content (AvgIpc) is 2.56. The number of rotatable bonds is 5. The largest absolute Gasteiger partial charge is 0.332 e. The molecule has 142 valence electrons. The molecule has 0 spiro atoms. The van der Waals surface area contributed by atoms with Gasteiger partial charge in [-0.2, -0.15) is 0 Å². The number of nitro benzene ring substituents is 1. The van der Waals surface area contributed by atoms with Crippen molar-refractivity contribution in [2.75, 3.05) is 18.9 Å². The molecular formula is C19H20ClN3O4. The SMILES string of the molecule is Cc1cc(C)c(NC(=O)CN(C)C(=O)c2cc(Cl)ccc2[N+](=O)[O-])c(C)c1. The van der Waals surface area contributed by atoms with Crippen LogP contribution in [0.15, 0.2) is 30.3 Å². The summed E-state index contributed by atoms with van der Waals surface area (Å²) in [5.41, 5.74) is 3.09. The molecule has 1 N–H and O–H groups in total. The third-order valence-electron chi connectivity index (χ3n) is 4.05. The highest BCUT2D eigenvalue weighted by molar-refractivity contribution is 6.31. The van der Waals surface area contributed by atoms with Crippen molar-refractivity contribution in [1.82, 2.24) is 4.90 Å². The average molecular weight is 390 g/mol. The minimum absolute atomic E-state index is 0.162. The van der Waals surface area contributed by atoms with E-state index in [2.05, 4.69) is 5.32 Å². The van der Waals surface area contributed by atoms with Gasteiger partial charge in [0.25, 0.3) is 11.6 Å². The van der Waals surface area contributed by atoms with Gasteiger partial charge in [0.2, 0.25) is 5.91 Å². The van der Waals surface area contributed by atoms with Crippen LogP contribution in [-0.4, -0.2) is 35.2 Å². The summed E-state index contributed by atoms with van der Waals surface area (Å²) >= 11 is 5.86. The predicted octanol–water partition coefficient (Wildman–Crippen LogP) is 3.88. The number of hydrogen-bond acceptors (Lipinski definition) is 4. The van der Waals surface area contributed by atoms with Crippen LogP contribution in [0.25, 0.3) is 0 Å². The zero-order valence-electron chi connectivity index (χ0n) is 15.5. The fourth-order valence-corrected chi connectivity index (χ4v) is 3.06. The van der Waals surface area contributed by atoms with Gasteiger partial charge in [-0.3, -0.25) is 19.7 Å². The Morgan fingerprint density at radius 3 is 2.30 bits per heavy atom. The Morgan fingerprint density at radius 1 is 1.15 bits per heavy atom. The van der Waals surface area contributed by atoms with Crippen LogP contribution in [0.5, 0.6) is 0 Å². The second kappa shape index (κ2) is 8.18. The molecule has 0 saturated carbocycles. The van der Waals surface area contributed by atoms with Gasteiger partial charge in [0.05, 0.1) is 11.5 Å². The van der Waals surface area contributed by atoms with Gasteiger partial charge < -0.3 is 10.2 Å². The number of nitro groups is 1. The molecule has 0 fully saturated rings. The fraction of sp³-hybridized carbons (Fsp3) is 0.263. The first-order valence-corrected chi connectivity index (χ1v) is 8.55. The maximum Gasteiger partial charge on any atom is 0.282 e. The van der Waals surface area contributed by atoms with Crippen LogP contribution in [0.1, 0.15) is 27.0 Å². The number of hydrogen-bond donors (Lipinski definition) is 1. The summed E-state index contributed by atoms with van der Waals surface area (Å²) in [5.74, 6) is -1.05. The Hall–Kier alpha value is -2.93. The van der Waals surface area contributed by atoms with Gasteiger partial charge in [0, 0.05) is 23.8 Å². The Morgan fingerprint density at radius 2 is 1.74 bits per heavy atom. The standard InChI is InChI=1S/C19H20ClN3O4/c1-11-7-12(2)18(13(3)8-11)21-17(24)10-22(4)19(25)15-9-14(20)5-6-16(15)23(26)27/h5-9H,10H2,1-4H3,(H,21,24). The van der Waals surface area contributed by atoms with E-state index < -0.39 is 16.7 Å². The van der Waals surface area contributed by atoms with E-state index >= 15 is 0 Å². The molecule has 2 aromatic rings. The number of halogens is 1. The summed E-state index contributed by atoms with van der Waals surface area (Å²) in [4.78, 5) is 36.5. The molecule has 2 amide bonds. The summed E-state index contributed by atoms with van der Waals surface area (Å²) in [6.07, 6.45) is 0. The number of nitrogens with one attached hydrogen (secondary N) is 1. The minimum Gasteiger partial charge on any atom is -0.332 e. The third kappa shape index (κ3) is 4.83. The zero-order valence-corrected chi connectivity index (χ0v) is 16.3. The lowest BCUT2D eigenvalue weighted by molar-refractivity contribution is -0.385. The second-order valence-corrected chi connectivity index (χ2v) is 6.84. The van der Waals surface area contributed by atoms with Crippen LogP contribution >= 0.6 is 11.6 Å². The molecule has 8 heteroatoms. The predicted molar refractivity (Wildman–Crippen MR) is 104 cm³/mol. The van der Waals surface area contributed by atoms with E-state index in [1.165, 1.54) is 25.2 Å². The summed E-state index contributed by atoms with van der Waals surface area (Å²) in [7, 11) is 1.40. The molecule has 0 atom stereocenters. The van der Waals surface area contributed by atoms with Gasteiger partial charge in [0.1, 0.15) is 5.56 Å². The van der Waals surface area contributed by atoms with Crippen molar-refractivity contribution >= 4 is 34.8 Å². The van der Waals surface area contributed by atoms with Gasteiger partial charge in [0.15, 0.2) is 0 Å². The summed E-state index contributed by atoms with van der Waals surface area (Å²) in [5, 5.41) is 14.1. The lowest BCUT2D eigenvalue weighted by Crippen LogP contribution is -2.35. The van der Waals surface area contributed by atoms with Crippen molar-refractivity contribution in [2.24, 2.45) is 0 Å². The number of anilines is 1. The molecule has 0 radical (unpaired) electrons. The van der Waals surface area contributed by atoms with Gasteiger partial charge in [-0.25, -0.2) is 0 Å². The van der Waals surface area contributed by atoms with Gasteiger partial charge in [-0.15, -0.1) is 0 Å². The molecule has 0 aliphatic heterocycles. The summed E-state index contributed by atoms with van der Waals surface area (Å²) in [6, 6.07) is 7.64. The van der Waals surface area contributed by atoms with E-state index in [-0.39, 0.29) is 22.8 Å². The molecule has 2 rings (SSSR count). The Kier molecular flexibility index (Phi) is 6.17. The molecule has 0 aromatic heterocycles. The first-order valence-electron chi connectivity index (χ1n) is 8.17.